The molecule has 6 nitrogen and oxygen atoms in total. The Bertz CT molecular complexity index is 1420. The largest absolute Gasteiger partial charge is 0.497 e. The molecular weight excluding hydrogens is 447 g/mol. The number of fused-ring (bicyclic) bond motifs is 1. The third-order valence-electron chi connectivity index (χ3n) is 6.05. The van der Waals surface area contributed by atoms with Crippen LogP contribution >= 0.6 is 0 Å². The molecule has 0 bridgehead atoms. The Kier molecular flexibility index (Phi) is 6.87. The van der Waals surface area contributed by atoms with E-state index in [4.69, 9.17) is 9.47 Å². The number of benzene rings is 3. The Morgan fingerprint density at radius 1 is 0.886 bits per heavy atom. The lowest BCUT2D eigenvalue weighted by atomic mass is 10.0. The van der Waals surface area contributed by atoms with Gasteiger partial charge < -0.3 is 19.4 Å². The van der Waals surface area contributed by atoms with Crippen molar-refractivity contribution in [2.45, 2.75) is 26.9 Å². The first-order chi connectivity index (χ1) is 16.8. The van der Waals surface area contributed by atoms with Gasteiger partial charge in [0.25, 0.3) is 11.5 Å². The summed E-state index contributed by atoms with van der Waals surface area (Å²) in [6.07, 6.45) is 0. The number of halogens is 1. The van der Waals surface area contributed by atoms with Gasteiger partial charge in [0.2, 0.25) is 0 Å². The third-order valence-corrected chi connectivity index (χ3v) is 6.05. The fourth-order valence-corrected chi connectivity index (χ4v) is 4.06. The zero-order valence-corrected chi connectivity index (χ0v) is 20.1. The molecular formula is C28H27FN2O4. The van der Waals surface area contributed by atoms with Gasteiger partial charge in [-0.3, -0.25) is 9.59 Å². The normalized spacial score (nSPS) is 10.9. The van der Waals surface area contributed by atoms with E-state index in [1.54, 1.807) is 35.2 Å². The topological polar surface area (TPSA) is 71.6 Å². The number of nitrogens with zero attached hydrogens (tertiary/aromatic N) is 1. The number of ether oxygens (including phenoxy) is 2. The second kappa shape index (κ2) is 10.0. The summed E-state index contributed by atoms with van der Waals surface area (Å²) in [4.78, 5) is 31.2. The smallest absolute Gasteiger partial charge is 0.254 e. The Morgan fingerprint density at radius 3 is 2.14 bits per heavy atom. The molecule has 0 unspecified atom stereocenters. The van der Waals surface area contributed by atoms with E-state index in [1.807, 2.05) is 32.0 Å². The number of aromatic amines is 1. The average Bonchev–Trinajstić information content (AvgIpc) is 2.87. The van der Waals surface area contributed by atoms with Gasteiger partial charge in [0.1, 0.15) is 17.3 Å². The Morgan fingerprint density at radius 2 is 1.51 bits per heavy atom. The Hall–Kier alpha value is -4.13. The average molecular weight is 475 g/mol. The number of rotatable bonds is 7. The van der Waals surface area contributed by atoms with Gasteiger partial charge >= 0.3 is 0 Å². The number of H-pyrrole nitrogens is 1. The molecule has 180 valence electrons. The third kappa shape index (κ3) is 5.19. The van der Waals surface area contributed by atoms with Crippen LogP contribution in [0, 0.1) is 19.7 Å². The van der Waals surface area contributed by atoms with E-state index in [1.165, 1.54) is 26.4 Å². The van der Waals surface area contributed by atoms with E-state index in [0.717, 1.165) is 27.6 Å². The number of nitrogens with one attached hydrogen (secondary N) is 1. The first kappa shape index (κ1) is 24.0. The molecule has 0 fully saturated rings. The molecule has 0 radical (unpaired) electrons. The van der Waals surface area contributed by atoms with Crippen molar-refractivity contribution in [3.8, 4) is 11.5 Å². The van der Waals surface area contributed by atoms with Gasteiger partial charge in [-0.1, -0.05) is 24.3 Å². The standard InChI is InChI=1S/C28H27FN2O4/c1-17-5-6-18(2)26-25(17)13-21(27(32)30-26)16-31(15-19-7-9-22(29)10-8-19)28(33)20-11-23(34-3)14-24(12-20)35-4/h5-14H,15-16H2,1-4H3,(H,30,32). The first-order valence-corrected chi connectivity index (χ1v) is 11.2. The van der Waals surface area contributed by atoms with Crippen LogP contribution in [0.5, 0.6) is 11.5 Å². The first-order valence-electron chi connectivity index (χ1n) is 11.2. The summed E-state index contributed by atoms with van der Waals surface area (Å²) in [6.45, 7) is 4.17. The summed E-state index contributed by atoms with van der Waals surface area (Å²) in [5.74, 6) is 0.279. The summed E-state index contributed by atoms with van der Waals surface area (Å²) in [6, 6.07) is 16.7. The molecule has 0 aliphatic rings. The number of aryl methyl sites for hydroxylation is 2. The summed E-state index contributed by atoms with van der Waals surface area (Å²) in [7, 11) is 3.02. The maximum atomic E-state index is 13.7. The quantitative estimate of drug-likeness (QED) is 0.402. The molecule has 1 amide bonds. The van der Waals surface area contributed by atoms with Gasteiger partial charge in [-0.05, 0) is 60.9 Å². The molecule has 1 N–H and O–H groups in total. The SMILES string of the molecule is COc1cc(OC)cc(C(=O)N(Cc2ccc(F)cc2)Cc2cc3c(C)ccc(C)c3[nH]c2=O)c1. The lowest BCUT2D eigenvalue weighted by Gasteiger charge is -2.24. The maximum Gasteiger partial charge on any atom is 0.254 e. The number of methoxy groups -OCH3 is 2. The highest BCUT2D eigenvalue weighted by Gasteiger charge is 2.21. The number of pyridine rings is 1. The van der Waals surface area contributed by atoms with Crippen LogP contribution in [0.2, 0.25) is 0 Å². The van der Waals surface area contributed by atoms with E-state index in [0.29, 0.717) is 22.6 Å². The van der Waals surface area contributed by atoms with Crippen molar-refractivity contribution in [1.82, 2.24) is 9.88 Å². The molecule has 0 aliphatic heterocycles. The minimum Gasteiger partial charge on any atom is -0.497 e. The fourth-order valence-electron chi connectivity index (χ4n) is 4.06. The molecule has 4 aromatic rings. The van der Waals surface area contributed by atoms with Gasteiger partial charge in [-0.25, -0.2) is 4.39 Å². The molecule has 7 heteroatoms. The van der Waals surface area contributed by atoms with Crippen molar-refractivity contribution >= 4 is 16.8 Å². The lowest BCUT2D eigenvalue weighted by Crippen LogP contribution is -2.32. The van der Waals surface area contributed by atoms with Gasteiger partial charge in [-0.15, -0.1) is 0 Å². The maximum absolute atomic E-state index is 13.7. The Labute approximate surface area is 202 Å². The Balaban J connectivity index is 1.77. The number of carbonyl (C=O) groups is 1. The van der Waals surface area contributed by atoms with Crippen LogP contribution in [0.4, 0.5) is 4.39 Å². The second-order valence-corrected chi connectivity index (χ2v) is 8.50. The van der Waals surface area contributed by atoms with Crippen LogP contribution < -0.4 is 15.0 Å². The molecule has 35 heavy (non-hydrogen) atoms. The minimum absolute atomic E-state index is 0.0639. The van der Waals surface area contributed by atoms with Crippen LogP contribution in [0.15, 0.2) is 65.5 Å². The van der Waals surface area contributed by atoms with Gasteiger partial charge in [0.15, 0.2) is 0 Å². The van der Waals surface area contributed by atoms with E-state index < -0.39 is 0 Å². The number of amides is 1. The zero-order chi connectivity index (χ0) is 25.1. The molecule has 4 rings (SSSR count). The molecule has 0 aliphatic carbocycles. The lowest BCUT2D eigenvalue weighted by molar-refractivity contribution is 0.0728. The fraction of sp³-hybridized carbons (Fsp3) is 0.214. The molecule has 0 atom stereocenters. The summed E-state index contributed by atoms with van der Waals surface area (Å²) >= 11 is 0. The minimum atomic E-state index is -0.360. The van der Waals surface area contributed by atoms with Crippen molar-refractivity contribution < 1.29 is 18.7 Å². The number of hydrogen-bond donors (Lipinski definition) is 1. The molecule has 0 saturated heterocycles. The van der Waals surface area contributed by atoms with E-state index in [-0.39, 0.29) is 30.4 Å². The van der Waals surface area contributed by atoms with Gasteiger partial charge in [0.05, 0.1) is 26.3 Å². The number of hydrogen-bond acceptors (Lipinski definition) is 4. The summed E-state index contributed by atoms with van der Waals surface area (Å²) in [5, 5.41) is 0.928. The van der Waals surface area contributed by atoms with Gasteiger partial charge in [-0.2, -0.15) is 0 Å². The van der Waals surface area contributed by atoms with Crippen LogP contribution in [-0.4, -0.2) is 30.0 Å². The van der Waals surface area contributed by atoms with Crippen molar-refractivity contribution in [2.75, 3.05) is 14.2 Å². The second-order valence-electron chi connectivity index (χ2n) is 8.50. The molecule has 3 aromatic carbocycles. The van der Waals surface area contributed by atoms with Crippen molar-refractivity contribution in [3.05, 3.63) is 105 Å². The predicted molar refractivity (Wildman–Crippen MR) is 134 cm³/mol. The van der Waals surface area contributed by atoms with Crippen LogP contribution in [-0.2, 0) is 13.1 Å². The van der Waals surface area contributed by atoms with E-state index >= 15 is 0 Å². The van der Waals surface area contributed by atoms with Crippen LogP contribution in [0.3, 0.4) is 0 Å². The highest BCUT2D eigenvalue weighted by Crippen LogP contribution is 2.25. The number of carbonyl (C=O) groups excluding carboxylic acids is 1. The van der Waals surface area contributed by atoms with Crippen molar-refractivity contribution in [3.63, 3.8) is 0 Å². The summed E-state index contributed by atoms with van der Waals surface area (Å²) in [5.41, 5.74) is 4.07. The van der Waals surface area contributed by atoms with Crippen LogP contribution in [0.1, 0.15) is 32.6 Å². The van der Waals surface area contributed by atoms with E-state index in [9.17, 15) is 14.0 Å². The monoisotopic (exact) mass is 474 g/mol. The molecule has 1 heterocycles. The van der Waals surface area contributed by atoms with Crippen molar-refractivity contribution in [1.29, 1.82) is 0 Å². The highest BCUT2D eigenvalue weighted by atomic mass is 19.1. The number of aromatic nitrogens is 1. The van der Waals surface area contributed by atoms with E-state index in [2.05, 4.69) is 4.98 Å². The van der Waals surface area contributed by atoms with Crippen LogP contribution in [0.25, 0.3) is 10.9 Å². The molecule has 1 aromatic heterocycles. The van der Waals surface area contributed by atoms with Crippen molar-refractivity contribution in [2.24, 2.45) is 0 Å². The highest BCUT2D eigenvalue weighted by molar-refractivity contribution is 5.95. The molecule has 0 saturated carbocycles. The predicted octanol–water partition coefficient (Wildman–Crippen LogP) is 5.14. The zero-order valence-electron chi connectivity index (χ0n) is 20.1. The molecule has 0 spiro atoms. The van der Waals surface area contributed by atoms with Gasteiger partial charge in [0, 0.05) is 29.1 Å². The summed E-state index contributed by atoms with van der Waals surface area (Å²) < 4.78 is 24.1.